The molecule has 0 aromatic rings. The number of hydrogen-bond donors (Lipinski definition) is 0. The molecule has 0 bridgehead atoms. The number of carbonyl (C=O) groups is 3. The number of hydrogen-bond acceptors (Lipinski definition) is 6. The van der Waals surface area contributed by atoms with Gasteiger partial charge in [-0.3, -0.25) is 14.4 Å². The molecule has 0 heterocycles. The molecule has 0 aromatic carbocycles. The first kappa shape index (κ1) is 74.1. The Labute approximate surface area is 482 Å². The van der Waals surface area contributed by atoms with Crippen molar-refractivity contribution in [2.45, 2.75) is 316 Å². The second kappa shape index (κ2) is 65.6. The Morgan fingerprint density at radius 1 is 0.269 bits per heavy atom. The normalized spacial score (nSPS) is 12.8. The van der Waals surface area contributed by atoms with Crippen molar-refractivity contribution in [1.82, 2.24) is 0 Å². The van der Waals surface area contributed by atoms with Crippen molar-refractivity contribution in [2.24, 2.45) is 0 Å². The molecule has 0 spiro atoms. The van der Waals surface area contributed by atoms with Crippen LogP contribution in [-0.4, -0.2) is 37.2 Å². The number of esters is 3. The van der Waals surface area contributed by atoms with E-state index < -0.39 is 6.10 Å². The Morgan fingerprint density at radius 2 is 0.500 bits per heavy atom. The van der Waals surface area contributed by atoms with Crippen LogP contribution in [-0.2, 0) is 28.6 Å². The number of ether oxygens (including phenoxy) is 3. The predicted molar refractivity (Wildman–Crippen MR) is 339 cm³/mol. The number of rotatable bonds is 59. The Bertz CT molecular complexity index is 1570. The zero-order valence-corrected chi connectivity index (χ0v) is 51.2. The molecule has 0 rings (SSSR count). The van der Waals surface area contributed by atoms with Crippen LogP contribution in [0.4, 0.5) is 0 Å². The lowest BCUT2D eigenvalue weighted by Gasteiger charge is -2.18. The topological polar surface area (TPSA) is 78.9 Å². The molecule has 0 aliphatic rings. The molecule has 0 N–H and O–H groups in total. The summed E-state index contributed by atoms with van der Waals surface area (Å²) in [6.45, 7) is 6.37. The second-order valence-electron chi connectivity index (χ2n) is 21.6. The summed E-state index contributed by atoms with van der Waals surface area (Å²) in [6.07, 6.45) is 89.7. The second-order valence-corrected chi connectivity index (χ2v) is 21.6. The lowest BCUT2D eigenvalue weighted by molar-refractivity contribution is -0.167. The van der Waals surface area contributed by atoms with Gasteiger partial charge in [-0.2, -0.15) is 0 Å². The summed E-state index contributed by atoms with van der Waals surface area (Å²) in [5.74, 6) is -0.889. The van der Waals surface area contributed by atoms with Gasteiger partial charge in [0.25, 0.3) is 0 Å². The van der Waals surface area contributed by atoms with E-state index in [2.05, 4.69) is 130 Å². The van der Waals surface area contributed by atoms with Gasteiger partial charge in [-0.05, 0) is 116 Å². The van der Waals surface area contributed by atoms with Crippen molar-refractivity contribution in [3.63, 3.8) is 0 Å². The predicted octanol–water partition coefficient (Wildman–Crippen LogP) is 22.6. The maximum absolute atomic E-state index is 12.9. The minimum Gasteiger partial charge on any atom is -0.462 e. The van der Waals surface area contributed by atoms with Crippen LogP contribution < -0.4 is 0 Å². The molecule has 78 heavy (non-hydrogen) atoms. The van der Waals surface area contributed by atoms with E-state index >= 15 is 0 Å². The van der Waals surface area contributed by atoms with E-state index in [-0.39, 0.29) is 31.1 Å². The van der Waals surface area contributed by atoms with Crippen molar-refractivity contribution in [1.29, 1.82) is 0 Å². The zero-order valence-electron chi connectivity index (χ0n) is 51.2. The minimum atomic E-state index is -0.785. The van der Waals surface area contributed by atoms with E-state index in [1.54, 1.807) is 0 Å². The van der Waals surface area contributed by atoms with Crippen molar-refractivity contribution in [3.05, 3.63) is 109 Å². The van der Waals surface area contributed by atoms with Crippen LogP contribution >= 0.6 is 0 Å². The van der Waals surface area contributed by atoms with Gasteiger partial charge in [0.05, 0.1) is 0 Å². The molecule has 0 aliphatic heterocycles. The van der Waals surface area contributed by atoms with Crippen LogP contribution in [0.2, 0.25) is 0 Å². The van der Waals surface area contributed by atoms with Gasteiger partial charge in [0.15, 0.2) is 6.10 Å². The molecule has 0 aromatic heterocycles. The van der Waals surface area contributed by atoms with E-state index in [1.165, 1.54) is 148 Å². The van der Waals surface area contributed by atoms with Crippen LogP contribution in [0.1, 0.15) is 310 Å². The highest BCUT2D eigenvalue weighted by molar-refractivity contribution is 5.71. The monoisotopic (exact) mass is 1080 g/mol. The molecule has 0 aliphatic carbocycles. The van der Waals surface area contributed by atoms with Crippen molar-refractivity contribution in [3.8, 4) is 0 Å². The summed E-state index contributed by atoms with van der Waals surface area (Å²) >= 11 is 0. The van der Waals surface area contributed by atoms with E-state index in [0.717, 1.165) is 122 Å². The standard InChI is InChI=1S/C72H122O6/c1-4-7-10-13-16-19-22-24-26-28-30-32-34-35-36-37-39-40-42-44-46-48-50-53-56-59-62-65-71(74)77-68-69(67-76-70(73)64-61-58-55-52-21-18-15-12-9-6-3)78-72(75)66-63-60-57-54-51-49-47-45-43-41-38-33-31-29-27-25-23-20-17-14-11-8-5-2/h7-8,10-12,15-17,19-20,24-27,30-33,69H,4-6,9,13-14,18,21-23,28-29,34-68H2,1-3H3/b10-7-,11-8-,15-12-,19-16-,20-17-,26-24-,27-25-,32-30-,33-31-. The van der Waals surface area contributed by atoms with Crippen molar-refractivity contribution < 1.29 is 28.6 Å². The largest absolute Gasteiger partial charge is 0.462 e. The van der Waals surface area contributed by atoms with Crippen LogP contribution in [0, 0.1) is 0 Å². The first-order chi connectivity index (χ1) is 38.5. The lowest BCUT2D eigenvalue weighted by Crippen LogP contribution is -2.30. The minimum absolute atomic E-state index is 0.0817. The maximum Gasteiger partial charge on any atom is 0.306 e. The molecule has 0 fully saturated rings. The van der Waals surface area contributed by atoms with E-state index in [4.69, 9.17) is 14.2 Å². The Balaban J connectivity index is 4.22. The fraction of sp³-hybridized carbons (Fsp3) is 0.708. The molecule has 1 atom stereocenters. The molecule has 0 radical (unpaired) electrons. The van der Waals surface area contributed by atoms with Gasteiger partial charge in [-0.1, -0.05) is 284 Å². The van der Waals surface area contributed by atoms with Gasteiger partial charge in [0.1, 0.15) is 13.2 Å². The molecule has 0 amide bonds. The van der Waals surface area contributed by atoms with Crippen LogP contribution in [0.5, 0.6) is 0 Å². The summed E-state index contributed by atoms with van der Waals surface area (Å²) in [7, 11) is 0. The summed E-state index contributed by atoms with van der Waals surface area (Å²) in [6, 6.07) is 0. The summed E-state index contributed by atoms with van der Waals surface area (Å²) in [5, 5.41) is 0. The van der Waals surface area contributed by atoms with E-state index in [9.17, 15) is 14.4 Å². The van der Waals surface area contributed by atoms with Gasteiger partial charge in [-0.15, -0.1) is 0 Å². The SMILES string of the molecule is CC/C=C\C/C=C\C/C=C\C/C=C\CCCCCCCCCCCCCCCCC(=O)OCC(COC(=O)CCCCCCC/C=C\CCC)OC(=O)CCCCCCCCCCCC/C=C\C/C=C\C/C=C\C/C=C\CC. The third-order valence-corrected chi connectivity index (χ3v) is 14.0. The van der Waals surface area contributed by atoms with Crippen LogP contribution in [0.15, 0.2) is 109 Å². The molecular weight excluding hydrogens is 961 g/mol. The van der Waals surface area contributed by atoms with Gasteiger partial charge in [0.2, 0.25) is 0 Å². The van der Waals surface area contributed by atoms with Crippen LogP contribution in [0.3, 0.4) is 0 Å². The third kappa shape index (κ3) is 62.9. The quantitative estimate of drug-likeness (QED) is 0.0261. The van der Waals surface area contributed by atoms with Gasteiger partial charge < -0.3 is 14.2 Å². The fourth-order valence-electron chi connectivity index (χ4n) is 9.14. The highest BCUT2D eigenvalue weighted by atomic mass is 16.6. The Morgan fingerprint density at radius 3 is 0.795 bits per heavy atom. The van der Waals surface area contributed by atoms with Gasteiger partial charge >= 0.3 is 17.9 Å². The van der Waals surface area contributed by atoms with Gasteiger partial charge in [-0.25, -0.2) is 0 Å². The molecule has 0 saturated heterocycles. The molecule has 6 nitrogen and oxygen atoms in total. The maximum atomic E-state index is 12.9. The summed E-state index contributed by atoms with van der Waals surface area (Å²) in [5.41, 5.74) is 0. The molecule has 446 valence electrons. The third-order valence-electron chi connectivity index (χ3n) is 14.0. The van der Waals surface area contributed by atoms with E-state index in [1.807, 2.05) is 0 Å². The van der Waals surface area contributed by atoms with Crippen LogP contribution in [0.25, 0.3) is 0 Å². The van der Waals surface area contributed by atoms with E-state index in [0.29, 0.717) is 19.3 Å². The summed E-state index contributed by atoms with van der Waals surface area (Å²) in [4.78, 5) is 38.3. The zero-order chi connectivity index (χ0) is 56.4. The highest BCUT2D eigenvalue weighted by Gasteiger charge is 2.19. The Hall–Kier alpha value is -3.93. The highest BCUT2D eigenvalue weighted by Crippen LogP contribution is 2.17. The van der Waals surface area contributed by atoms with Gasteiger partial charge in [0, 0.05) is 19.3 Å². The molecular formula is C72H122O6. The molecule has 6 heteroatoms. The van der Waals surface area contributed by atoms with Crippen molar-refractivity contribution in [2.75, 3.05) is 13.2 Å². The Kier molecular flexibility index (Phi) is 62.3. The van der Waals surface area contributed by atoms with Crippen molar-refractivity contribution >= 4 is 17.9 Å². The fourth-order valence-corrected chi connectivity index (χ4v) is 9.14. The average Bonchev–Trinajstić information content (AvgIpc) is 3.44. The lowest BCUT2D eigenvalue weighted by atomic mass is 10.0. The number of unbranched alkanes of at least 4 members (excludes halogenated alkanes) is 30. The summed E-state index contributed by atoms with van der Waals surface area (Å²) < 4.78 is 16.9. The first-order valence-corrected chi connectivity index (χ1v) is 32.9. The average molecular weight is 1080 g/mol. The first-order valence-electron chi connectivity index (χ1n) is 32.9. The number of allylic oxidation sites excluding steroid dienone is 18. The number of carbonyl (C=O) groups excluding carboxylic acids is 3. The molecule has 0 saturated carbocycles. The molecule has 1 unspecified atom stereocenters. The smallest absolute Gasteiger partial charge is 0.306 e.